The molecule has 0 fully saturated rings. The van der Waals surface area contributed by atoms with Crippen molar-refractivity contribution in [2.45, 2.75) is 0 Å². The molecule has 0 aliphatic carbocycles. The fourth-order valence-electron chi connectivity index (χ4n) is 8.60. The minimum absolute atomic E-state index is 0.601. The normalized spacial score (nSPS) is 12.1. The molecular formula is C55H34N6S2. The van der Waals surface area contributed by atoms with E-state index in [1.54, 1.807) is 28.7 Å². The summed E-state index contributed by atoms with van der Waals surface area (Å²) in [7, 11) is 0. The van der Waals surface area contributed by atoms with Crippen LogP contribution in [0.3, 0.4) is 0 Å². The second-order valence-electron chi connectivity index (χ2n) is 15.3. The van der Waals surface area contributed by atoms with E-state index in [4.69, 9.17) is 24.9 Å². The molecule has 5 aromatic heterocycles. The van der Waals surface area contributed by atoms with E-state index in [9.17, 15) is 0 Å². The molecule has 296 valence electrons. The molecule has 6 nitrogen and oxygen atoms in total. The lowest BCUT2D eigenvalue weighted by atomic mass is 10.0. The number of hydrogen-bond acceptors (Lipinski definition) is 7. The first-order valence-corrected chi connectivity index (χ1v) is 22.3. The molecule has 12 aromatic rings. The minimum atomic E-state index is 0.601. The van der Waals surface area contributed by atoms with Crippen molar-refractivity contribution in [3.05, 3.63) is 200 Å². The fraction of sp³-hybridized carbons (Fsp3) is 0. The van der Waals surface area contributed by atoms with Gasteiger partial charge in [-0.2, -0.15) is 0 Å². The van der Waals surface area contributed by atoms with Crippen molar-refractivity contribution in [2.75, 3.05) is 0 Å². The molecule has 0 saturated heterocycles. The van der Waals surface area contributed by atoms with Crippen LogP contribution in [0.15, 0.2) is 195 Å². The van der Waals surface area contributed by atoms with E-state index in [1.165, 1.54) is 15.5 Å². The molecular weight excluding hydrogens is 809 g/mol. The average Bonchev–Trinajstić information content (AvgIpc) is 4.02. The van der Waals surface area contributed by atoms with Gasteiger partial charge in [0, 0.05) is 69.0 Å². The van der Waals surface area contributed by atoms with E-state index in [1.807, 2.05) is 48.6 Å². The first-order valence-electron chi connectivity index (χ1n) is 20.7. The van der Waals surface area contributed by atoms with Crippen molar-refractivity contribution in [3.63, 3.8) is 0 Å². The van der Waals surface area contributed by atoms with Crippen LogP contribution >= 0.6 is 22.7 Å². The number of rotatable bonds is 8. The number of hydrogen-bond donors (Lipinski definition) is 0. The molecule has 0 amide bonds. The Hall–Kier alpha value is -7.91. The number of aromatic nitrogens is 6. The molecule has 8 heteroatoms. The lowest BCUT2D eigenvalue weighted by molar-refractivity contribution is 1.07. The van der Waals surface area contributed by atoms with Crippen molar-refractivity contribution >= 4 is 91.0 Å². The number of para-hydroxylation sites is 2. The third-order valence-corrected chi connectivity index (χ3v) is 13.8. The molecule has 0 spiro atoms. The van der Waals surface area contributed by atoms with Crippen molar-refractivity contribution in [3.8, 4) is 51.2 Å². The van der Waals surface area contributed by atoms with Gasteiger partial charge in [-0.3, -0.25) is 0 Å². The summed E-state index contributed by atoms with van der Waals surface area (Å²) in [5.74, 6) is 2.51. The van der Waals surface area contributed by atoms with Gasteiger partial charge in [0.25, 0.3) is 0 Å². The van der Waals surface area contributed by atoms with Gasteiger partial charge in [-0.1, -0.05) is 140 Å². The Morgan fingerprint density at radius 2 is 1.11 bits per heavy atom. The lowest BCUT2D eigenvalue weighted by Crippen LogP contribution is -2.00. The fourth-order valence-corrected chi connectivity index (χ4v) is 10.8. The Balaban J connectivity index is 1.05. The zero-order valence-corrected chi connectivity index (χ0v) is 35.3. The van der Waals surface area contributed by atoms with Gasteiger partial charge in [-0.05, 0) is 60.7 Å². The van der Waals surface area contributed by atoms with Gasteiger partial charge in [0.15, 0.2) is 23.3 Å². The standard InChI is InChI=1S/C55H34N6S2/c1-2-3-4-11-24-43-51-50(40-22-13-15-26-46(40)63-51)57-55(56-43)41-23-16-27-48-49(41)42-32-35(29-31-47(42)62-48)53-58-52(34-17-7-5-8-18-34)59-54(60-53)36-28-30-39-38-21-12-14-25-44(38)61(45(39)33-36)37-19-9-6-10-20-37/h2-33H,1H2/b4-3-,24-11+. The smallest absolute Gasteiger partial charge is 0.164 e. The highest BCUT2D eigenvalue weighted by atomic mass is 32.1. The first-order chi connectivity index (χ1) is 31.2. The van der Waals surface area contributed by atoms with Gasteiger partial charge in [-0.15, -0.1) is 22.7 Å². The van der Waals surface area contributed by atoms with Gasteiger partial charge >= 0.3 is 0 Å². The Bertz CT molecular complexity index is 3820. The van der Waals surface area contributed by atoms with Gasteiger partial charge in [0.2, 0.25) is 0 Å². The van der Waals surface area contributed by atoms with Crippen LogP contribution in [0.5, 0.6) is 0 Å². The van der Waals surface area contributed by atoms with Crippen LogP contribution in [0.2, 0.25) is 0 Å². The predicted molar refractivity (Wildman–Crippen MR) is 266 cm³/mol. The third-order valence-electron chi connectivity index (χ3n) is 11.5. The van der Waals surface area contributed by atoms with Crippen LogP contribution in [-0.2, 0) is 0 Å². The number of nitrogens with zero attached hydrogens (tertiary/aromatic N) is 6. The maximum absolute atomic E-state index is 5.31. The van der Waals surface area contributed by atoms with Crippen molar-refractivity contribution < 1.29 is 0 Å². The summed E-state index contributed by atoms with van der Waals surface area (Å²) >= 11 is 3.49. The Morgan fingerprint density at radius 1 is 0.444 bits per heavy atom. The van der Waals surface area contributed by atoms with Crippen LogP contribution in [0, 0.1) is 0 Å². The maximum atomic E-state index is 5.31. The van der Waals surface area contributed by atoms with Crippen LogP contribution in [-0.4, -0.2) is 29.5 Å². The molecule has 0 aliphatic rings. The Morgan fingerprint density at radius 3 is 1.94 bits per heavy atom. The molecule has 12 rings (SSSR count). The minimum Gasteiger partial charge on any atom is -0.309 e. The second-order valence-corrected chi connectivity index (χ2v) is 17.4. The summed E-state index contributed by atoms with van der Waals surface area (Å²) in [6.45, 7) is 3.82. The largest absolute Gasteiger partial charge is 0.309 e. The second kappa shape index (κ2) is 15.2. The van der Waals surface area contributed by atoms with E-state index in [-0.39, 0.29) is 0 Å². The van der Waals surface area contributed by atoms with E-state index in [0.717, 1.165) is 80.4 Å². The summed E-state index contributed by atoms with van der Waals surface area (Å²) in [6, 6.07) is 57.2. The van der Waals surface area contributed by atoms with Crippen LogP contribution < -0.4 is 0 Å². The summed E-state index contributed by atoms with van der Waals surface area (Å²) in [5, 5.41) is 5.70. The number of allylic oxidation sites excluding steroid dienone is 4. The molecule has 0 N–H and O–H groups in total. The molecule has 0 unspecified atom stereocenters. The van der Waals surface area contributed by atoms with Gasteiger partial charge in [0.1, 0.15) is 0 Å². The molecule has 0 aliphatic heterocycles. The Kier molecular flexibility index (Phi) is 8.91. The van der Waals surface area contributed by atoms with Crippen LogP contribution in [0.25, 0.3) is 120 Å². The molecule has 63 heavy (non-hydrogen) atoms. The molecule has 5 heterocycles. The van der Waals surface area contributed by atoms with Gasteiger partial charge in [0.05, 0.1) is 26.9 Å². The summed E-state index contributed by atoms with van der Waals surface area (Å²) in [5.41, 5.74) is 8.88. The molecule has 0 saturated carbocycles. The lowest BCUT2D eigenvalue weighted by Gasteiger charge is -2.10. The van der Waals surface area contributed by atoms with Gasteiger partial charge in [-0.25, -0.2) is 24.9 Å². The summed E-state index contributed by atoms with van der Waals surface area (Å²) < 4.78 is 6.89. The van der Waals surface area contributed by atoms with Gasteiger partial charge < -0.3 is 4.57 Å². The first kappa shape index (κ1) is 36.9. The van der Waals surface area contributed by atoms with E-state index >= 15 is 0 Å². The van der Waals surface area contributed by atoms with Crippen molar-refractivity contribution in [1.82, 2.24) is 29.5 Å². The topological polar surface area (TPSA) is 69.4 Å². The monoisotopic (exact) mass is 842 g/mol. The average molecular weight is 843 g/mol. The molecule has 0 atom stereocenters. The summed E-state index contributed by atoms with van der Waals surface area (Å²) in [6.07, 6.45) is 9.74. The van der Waals surface area contributed by atoms with Crippen LogP contribution in [0.1, 0.15) is 5.69 Å². The van der Waals surface area contributed by atoms with E-state index in [0.29, 0.717) is 23.3 Å². The quantitative estimate of drug-likeness (QED) is 0.143. The highest BCUT2D eigenvalue weighted by molar-refractivity contribution is 7.26. The number of thiophene rings is 2. The summed E-state index contributed by atoms with van der Waals surface area (Å²) in [4.78, 5) is 26.1. The van der Waals surface area contributed by atoms with Crippen molar-refractivity contribution in [2.24, 2.45) is 0 Å². The number of fused-ring (bicyclic) bond motifs is 9. The highest BCUT2D eigenvalue weighted by Gasteiger charge is 2.20. The maximum Gasteiger partial charge on any atom is 0.164 e. The predicted octanol–water partition coefficient (Wildman–Crippen LogP) is 14.9. The molecule has 0 radical (unpaired) electrons. The Labute approximate surface area is 370 Å². The molecule has 0 bridgehead atoms. The highest BCUT2D eigenvalue weighted by Crippen LogP contribution is 2.43. The van der Waals surface area contributed by atoms with Crippen LogP contribution in [0.4, 0.5) is 0 Å². The SMILES string of the molecule is C=C/C=C\C=C\c1nc(-c2cccc3sc4ccc(-c5nc(-c6ccccc6)nc(-c6ccc7c8ccccc8n(-c8ccccc8)c7c6)n5)cc4c23)nc2c1sc1ccccc12. The van der Waals surface area contributed by atoms with E-state index < -0.39 is 0 Å². The third kappa shape index (κ3) is 6.34. The zero-order chi connectivity index (χ0) is 41.9. The zero-order valence-electron chi connectivity index (χ0n) is 33.7. The molecule has 7 aromatic carbocycles. The number of benzene rings is 7. The van der Waals surface area contributed by atoms with Crippen molar-refractivity contribution in [1.29, 1.82) is 0 Å². The van der Waals surface area contributed by atoms with E-state index in [2.05, 4.69) is 151 Å².